The quantitative estimate of drug-likeness (QED) is 0.563. The Balaban J connectivity index is 2.67. The van der Waals surface area contributed by atoms with Gasteiger partial charge in [-0.2, -0.15) is 0 Å². The summed E-state index contributed by atoms with van der Waals surface area (Å²) in [7, 11) is 0. The van der Waals surface area contributed by atoms with Crippen molar-refractivity contribution in [2.24, 2.45) is 0 Å². The molecule has 1 aromatic rings. The van der Waals surface area contributed by atoms with Crippen LogP contribution >= 0.6 is 0 Å². The summed E-state index contributed by atoms with van der Waals surface area (Å²) in [6.07, 6.45) is 0. The van der Waals surface area contributed by atoms with Crippen LogP contribution in [0.25, 0.3) is 0 Å². The van der Waals surface area contributed by atoms with Gasteiger partial charge in [0.1, 0.15) is 0 Å². The zero-order chi connectivity index (χ0) is 11.3. The van der Waals surface area contributed by atoms with Gasteiger partial charge in [-0.15, -0.1) is 0 Å². The van der Waals surface area contributed by atoms with Gasteiger partial charge in [0.25, 0.3) is 5.91 Å². The van der Waals surface area contributed by atoms with Crippen LogP contribution in [0.2, 0.25) is 0 Å². The number of anilines is 1. The van der Waals surface area contributed by atoms with Gasteiger partial charge in [0.15, 0.2) is 0 Å². The van der Waals surface area contributed by atoms with E-state index in [0.29, 0.717) is 5.69 Å². The van der Waals surface area contributed by atoms with E-state index in [2.05, 4.69) is 17.2 Å². The Morgan fingerprint density at radius 2 is 2.00 bits per heavy atom. The molecule has 1 rings (SSSR count). The smallest absolute Gasteiger partial charge is 0.296 e. The molecule has 1 unspecified atom stereocenters. The minimum absolute atomic E-state index is 0.0565. The Hall–Kier alpha value is -1.95. The van der Waals surface area contributed by atoms with Crippen molar-refractivity contribution in [1.82, 2.24) is 5.32 Å². The summed E-state index contributed by atoms with van der Waals surface area (Å²) in [5.74, 6) is 4.72. The number of nitrogens with two attached hydrogens (primary N) is 1. The van der Waals surface area contributed by atoms with Crippen molar-refractivity contribution in [2.45, 2.75) is 19.9 Å². The fraction of sp³-hybridized carbons (Fsp3) is 0.250. The molecule has 0 saturated carbocycles. The van der Waals surface area contributed by atoms with Crippen LogP contribution in [0.5, 0.6) is 0 Å². The molecular weight excluding hydrogens is 188 g/mol. The van der Waals surface area contributed by atoms with E-state index in [4.69, 9.17) is 5.73 Å². The molecule has 0 aliphatic rings. The third-order valence-electron chi connectivity index (χ3n) is 2.02. The van der Waals surface area contributed by atoms with Gasteiger partial charge in [-0.05, 0) is 37.5 Å². The summed E-state index contributed by atoms with van der Waals surface area (Å²) in [6, 6.07) is 7.34. The maximum atomic E-state index is 11.2. The van der Waals surface area contributed by atoms with Crippen LogP contribution in [0.4, 0.5) is 5.69 Å². The third kappa shape index (κ3) is 3.35. The van der Waals surface area contributed by atoms with E-state index in [0.717, 1.165) is 5.56 Å². The molecule has 0 aliphatic carbocycles. The number of carbonyl (C=O) groups excluding carboxylic acids is 1. The summed E-state index contributed by atoms with van der Waals surface area (Å²) < 4.78 is 0. The van der Waals surface area contributed by atoms with Crippen molar-refractivity contribution in [2.75, 3.05) is 5.73 Å². The number of benzene rings is 1. The van der Waals surface area contributed by atoms with E-state index in [1.807, 2.05) is 31.2 Å². The molecule has 0 bridgehead atoms. The Labute approximate surface area is 89.7 Å². The van der Waals surface area contributed by atoms with Crippen molar-refractivity contribution >= 4 is 11.6 Å². The second-order valence-corrected chi connectivity index (χ2v) is 3.24. The van der Waals surface area contributed by atoms with Gasteiger partial charge in [0.2, 0.25) is 0 Å². The lowest BCUT2D eigenvalue weighted by Gasteiger charge is -2.12. The lowest BCUT2D eigenvalue weighted by molar-refractivity contribution is -0.116. The summed E-state index contributed by atoms with van der Waals surface area (Å²) in [4.78, 5) is 11.2. The molecule has 3 nitrogen and oxygen atoms in total. The van der Waals surface area contributed by atoms with E-state index < -0.39 is 0 Å². The van der Waals surface area contributed by atoms with Crippen LogP contribution < -0.4 is 11.1 Å². The first kappa shape index (κ1) is 11.1. The highest BCUT2D eigenvalue weighted by atomic mass is 16.1. The second kappa shape index (κ2) is 5.06. The third-order valence-corrected chi connectivity index (χ3v) is 2.02. The zero-order valence-electron chi connectivity index (χ0n) is 8.87. The van der Waals surface area contributed by atoms with E-state index in [9.17, 15) is 4.79 Å². The van der Waals surface area contributed by atoms with Crippen molar-refractivity contribution in [3.8, 4) is 11.8 Å². The Kier molecular flexibility index (Phi) is 3.75. The van der Waals surface area contributed by atoms with Gasteiger partial charge in [0, 0.05) is 5.69 Å². The molecule has 1 aromatic carbocycles. The lowest BCUT2D eigenvalue weighted by Crippen LogP contribution is -2.24. The van der Waals surface area contributed by atoms with Gasteiger partial charge >= 0.3 is 0 Å². The highest BCUT2D eigenvalue weighted by Gasteiger charge is 2.06. The fourth-order valence-electron chi connectivity index (χ4n) is 1.21. The van der Waals surface area contributed by atoms with Crippen LogP contribution in [0, 0.1) is 11.8 Å². The summed E-state index contributed by atoms with van der Waals surface area (Å²) in [5, 5.41) is 2.76. The van der Waals surface area contributed by atoms with E-state index in [1.54, 1.807) is 6.92 Å². The zero-order valence-corrected chi connectivity index (χ0v) is 8.87. The van der Waals surface area contributed by atoms with Gasteiger partial charge in [-0.1, -0.05) is 18.1 Å². The van der Waals surface area contributed by atoms with Gasteiger partial charge in [-0.25, -0.2) is 0 Å². The first-order valence-corrected chi connectivity index (χ1v) is 4.72. The maximum absolute atomic E-state index is 11.2. The standard InChI is InChI=1S/C12H14N2O/c1-3-4-12(15)14-9(2)10-5-7-11(13)8-6-10/h5-9H,13H2,1-2H3,(H,14,15). The summed E-state index contributed by atoms with van der Waals surface area (Å²) >= 11 is 0. The van der Waals surface area contributed by atoms with Crippen molar-refractivity contribution < 1.29 is 4.79 Å². The molecule has 0 saturated heterocycles. The second-order valence-electron chi connectivity index (χ2n) is 3.24. The van der Waals surface area contributed by atoms with Crippen LogP contribution in [-0.2, 0) is 4.79 Å². The minimum Gasteiger partial charge on any atom is -0.399 e. The molecule has 1 amide bonds. The first-order chi connectivity index (χ1) is 7.13. The first-order valence-electron chi connectivity index (χ1n) is 4.72. The molecule has 0 radical (unpaired) electrons. The Morgan fingerprint density at radius 1 is 1.40 bits per heavy atom. The number of carbonyl (C=O) groups is 1. The SMILES string of the molecule is CC#CC(=O)NC(C)c1ccc(N)cc1. The molecule has 1 atom stereocenters. The predicted molar refractivity (Wildman–Crippen MR) is 60.9 cm³/mol. The van der Waals surface area contributed by atoms with E-state index >= 15 is 0 Å². The largest absolute Gasteiger partial charge is 0.399 e. The van der Waals surface area contributed by atoms with Crippen LogP contribution in [-0.4, -0.2) is 5.91 Å². The summed E-state index contributed by atoms with van der Waals surface area (Å²) in [6.45, 7) is 3.54. The van der Waals surface area contributed by atoms with Gasteiger partial charge in [0.05, 0.1) is 6.04 Å². The Morgan fingerprint density at radius 3 is 2.53 bits per heavy atom. The fourth-order valence-corrected chi connectivity index (χ4v) is 1.21. The molecule has 0 aromatic heterocycles. The minimum atomic E-state index is -0.262. The van der Waals surface area contributed by atoms with E-state index in [1.165, 1.54) is 0 Å². The lowest BCUT2D eigenvalue weighted by atomic mass is 10.1. The molecule has 0 fully saturated rings. The number of nitrogen functional groups attached to an aromatic ring is 1. The molecule has 15 heavy (non-hydrogen) atoms. The van der Waals surface area contributed by atoms with Crippen molar-refractivity contribution in [1.29, 1.82) is 0 Å². The average Bonchev–Trinajstić information content (AvgIpc) is 2.18. The number of hydrogen-bond acceptors (Lipinski definition) is 2. The number of nitrogens with one attached hydrogen (secondary N) is 1. The van der Waals surface area contributed by atoms with Crippen LogP contribution in [0.1, 0.15) is 25.5 Å². The van der Waals surface area contributed by atoms with E-state index in [-0.39, 0.29) is 11.9 Å². The molecule has 0 spiro atoms. The monoisotopic (exact) mass is 202 g/mol. The number of amides is 1. The predicted octanol–water partition coefficient (Wildman–Crippen LogP) is 1.47. The molecule has 78 valence electrons. The molecule has 3 N–H and O–H groups in total. The molecule has 0 aliphatic heterocycles. The number of hydrogen-bond donors (Lipinski definition) is 2. The van der Waals surface area contributed by atoms with Gasteiger partial charge in [-0.3, -0.25) is 4.79 Å². The maximum Gasteiger partial charge on any atom is 0.296 e. The molecular formula is C12H14N2O. The van der Waals surface area contributed by atoms with Crippen LogP contribution in [0.3, 0.4) is 0 Å². The topological polar surface area (TPSA) is 55.1 Å². The molecule has 0 heterocycles. The normalized spacial score (nSPS) is 11.1. The average molecular weight is 202 g/mol. The van der Waals surface area contributed by atoms with Crippen molar-refractivity contribution in [3.05, 3.63) is 29.8 Å². The number of rotatable bonds is 2. The highest BCUT2D eigenvalue weighted by molar-refractivity contribution is 5.93. The van der Waals surface area contributed by atoms with Crippen LogP contribution in [0.15, 0.2) is 24.3 Å². The summed E-state index contributed by atoms with van der Waals surface area (Å²) in [5.41, 5.74) is 7.29. The Bertz CT molecular complexity index is 398. The van der Waals surface area contributed by atoms with Gasteiger partial charge < -0.3 is 11.1 Å². The van der Waals surface area contributed by atoms with Crippen molar-refractivity contribution in [3.63, 3.8) is 0 Å². The highest BCUT2D eigenvalue weighted by Crippen LogP contribution is 2.13. The molecule has 3 heteroatoms.